The summed E-state index contributed by atoms with van der Waals surface area (Å²) < 4.78 is 27.1. The molecule has 4 aliphatic rings. The van der Waals surface area contributed by atoms with E-state index in [0.717, 1.165) is 62.3 Å². The van der Waals surface area contributed by atoms with Crippen molar-refractivity contribution in [1.29, 1.82) is 5.26 Å². The van der Waals surface area contributed by atoms with Gasteiger partial charge < -0.3 is 28.7 Å². The van der Waals surface area contributed by atoms with E-state index in [-0.39, 0.29) is 0 Å². The van der Waals surface area contributed by atoms with Gasteiger partial charge in [-0.3, -0.25) is 14.8 Å². The maximum atomic E-state index is 12.6. The minimum absolute atomic E-state index is 0.367. The second-order valence-electron chi connectivity index (χ2n) is 17.0. The molecule has 5 heterocycles. The van der Waals surface area contributed by atoms with Crippen LogP contribution in [0.15, 0.2) is 219 Å². The summed E-state index contributed by atoms with van der Waals surface area (Å²) >= 11 is 0. The van der Waals surface area contributed by atoms with E-state index >= 15 is 0 Å². The van der Waals surface area contributed by atoms with Crippen LogP contribution in [0.2, 0.25) is 0 Å². The van der Waals surface area contributed by atoms with Gasteiger partial charge in [0.25, 0.3) is 0 Å². The number of para-hydroxylation sites is 16. The molecule has 4 aliphatic heterocycles. The monoisotopic (exact) mass is 904 g/mol. The van der Waals surface area contributed by atoms with Gasteiger partial charge in [-0.25, -0.2) is 0 Å². The quantitative estimate of drug-likeness (QED) is 0.166. The Hall–Kier alpha value is -9.98. The van der Waals surface area contributed by atoms with Gasteiger partial charge in [-0.15, -0.1) is 0 Å². The van der Waals surface area contributed by atoms with Crippen LogP contribution in [0.3, 0.4) is 0 Å². The molecule has 1 aromatic heterocycles. The van der Waals surface area contributed by atoms with E-state index in [1.807, 2.05) is 182 Å². The van der Waals surface area contributed by atoms with Crippen LogP contribution >= 0.6 is 0 Å². The van der Waals surface area contributed by atoms with Gasteiger partial charge in [-0.2, -0.15) is 5.26 Å². The van der Waals surface area contributed by atoms with Crippen LogP contribution in [-0.2, 0) is 0 Å². The summed E-state index contributed by atoms with van der Waals surface area (Å²) in [5.74, 6) is 5.12. The average Bonchev–Trinajstić information content (AvgIpc) is 3.42. The molecule has 14 rings (SSSR count). The van der Waals surface area contributed by atoms with Crippen LogP contribution < -0.4 is 38.5 Å². The van der Waals surface area contributed by atoms with E-state index in [1.54, 1.807) is 6.20 Å². The highest BCUT2D eigenvalue weighted by atomic mass is 16.5. The number of rotatable bonds is 5. The first-order valence-corrected chi connectivity index (χ1v) is 22.9. The summed E-state index contributed by atoms with van der Waals surface area (Å²) in [7, 11) is 0. The zero-order valence-electron chi connectivity index (χ0n) is 37.1. The fourth-order valence-electron chi connectivity index (χ4n) is 10.2. The van der Waals surface area contributed by atoms with Gasteiger partial charge in [0, 0.05) is 23.5 Å². The maximum absolute atomic E-state index is 12.6. The molecule has 330 valence electrons. The topological polar surface area (TPSA) is 86.6 Å². The lowest BCUT2D eigenvalue weighted by Gasteiger charge is -2.45. The number of fused-ring (bicyclic) bond motifs is 8. The lowest BCUT2D eigenvalue weighted by Crippen LogP contribution is -2.28. The molecule has 0 radical (unpaired) electrons. The fourth-order valence-corrected chi connectivity index (χ4v) is 10.2. The van der Waals surface area contributed by atoms with Crippen LogP contribution in [0, 0.1) is 11.3 Å². The van der Waals surface area contributed by atoms with Crippen LogP contribution in [-0.4, -0.2) is 4.98 Å². The summed E-state index contributed by atoms with van der Waals surface area (Å²) in [5.41, 5.74) is 10.5. The summed E-state index contributed by atoms with van der Waals surface area (Å²) in [4.78, 5) is 13.7. The van der Waals surface area contributed by atoms with Crippen molar-refractivity contribution in [2.24, 2.45) is 0 Å². The molecule has 9 aromatic carbocycles. The van der Waals surface area contributed by atoms with Crippen LogP contribution in [0.5, 0.6) is 46.0 Å². The number of pyridine rings is 1. The largest absolute Gasteiger partial charge is 0.453 e. The molecule has 0 amide bonds. The van der Waals surface area contributed by atoms with Crippen molar-refractivity contribution < 1.29 is 18.9 Å². The normalized spacial score (nSPS) is 13.2. The Morgan fingerprint density at radius 3 is 0.900 bits per heavy atom. The number of nitriles is 1. The number of ether oxygens (including phenoxy) is 4. The molecule has 0 saturated carbocycles. The van der Waals surface area contributed by atoms with E-state index in [9.17, 15) is 5.26 Å². The number of nitrogens with zero attached hydrogens (tertiary/aromatic N) is 6. The molecule has 0 fully saturated rings. The van der Waals surface area contributed by atoms with Gasteiger partial charge in [-0.05, 0) is 103 Å². The third kappa shape index (κ3) is 5.82. The van der Waals surface area contributed by atoms with E-state index in [1.165, 1.54) is 0 Å². The smallest absolute Gasteiger partial charge is 0.151 e. The highest BCUT2D eigenvalue weighted by molar-refractivity contribution is 6.17. The van der Waals surface area contributed by atoms with Gasteiger partial charge in [0.1, 0.15) is 11.6 Å². The molecule has 0 saturated heterocycles. The molecule has 0 unspecified atom stereocenters. The van der Waals surface area contributed by atoms with Gasteiger partial charge in [0.2, 0.25) is 0 Å². The summed E-state index contributed by atoms with van der Waals surface area (Å²) in [6, 6.07) is 71.1. The van der Waals surface area contributed by atoms with Gasteiger partial charge in [0.15, 0.2) is 46.0 Å². The molecule has 10 aromatic rings. The Morgan fingerprint density at radius 1 is 0.314 bits per heavy atom. The number of aromatic nitrogens is 1. The minimum Gasteiger partial charge on any atom is -0.453 e. The molecular weight excluding hydrogens is 869 g/mol. The van der Waals surface area contributed by atoms with Crippen molar-refractivity contribution in [1.82, 2.24) is 4.98 Å². The van der Waals surface area contributed by atoms with Crippen molar-refractivity contribution in [2.75, 3.05) is 19.6 Å². The zero-order chi connectivity index (χ0) is 46.3. The van der Waals surface area contributed by atoms with E-state index in [2.05, 4.69) is 56.0 Å². The summed E-state index contributed by atoms with van der Waals surface area (Å²) in [5, 5.41) is 12.6. The second kappa shape index (κ2) is 15.6. The van der Waals surface area contributed by atoms with Crippen LogP contribution in [0.1, 0.15) is 5.56 Å². The van der Waals surface area contributed by atoms with Gasteiger partial charge in [-0.1, -0.05) is 103 Å². The molecule has 0 bridgehead atoms. The minimum atomic E-state index is 0.367. The van der Waals surface area contributed by atoms with Crippen molar-refractivity contribution in [3.63, 3.8) is 0 Å². The molecule has 0 aliphatic carbocycles. The average molecular weight is 905 g/mol. The Kier molecular flexibility index (Phi) is 8.71. The van der Waals surface area contributed by atoms with Crippen molar-refractivity contribution in [3.8, 4) is 63.2 Å². The Morgan fingerprint density at radius 2 is 0.600 bits per heavy atom. The number of hydrogen-bond donors (Lipinski definition) is 0. The van der Waals surface area contributed by atoms with E-state index in [0.29, 0.717) is 68.6 Å². The molecule has 0 N–H and O–H groups in total. The van der Waals surface area contributed by atoms with E-state index < -0.39 is 0 Å². The highest BCUT2D eigenvalue weighted by Crippen LogP contribution is 2.68. The molecular formula is C60H36N6O4. The molecule has 10 heteroatoms. The lowest BCUT2D eigenvalue weighted by atomic mass is 9.90. The summed E-state index contributed by atoms with van der Waals surface area (Å²) in [6.45, 7) is 0. The van der Waals surface area contributed by atoms with Crippen molar-refractivity contribution >= 4 is 68.2 Å². The number of anilines is 12. The third-order valence-corrected chi connectivity index (χ3v) is 13.1. The Labute approximate surface area is 402 Å². The molecule has 70 heavy (non-hydrogen) atoms. The fraction of sp³-hybridized carbons (Fsp3) is 0. The van der Waals surface area contributed by atoms with Crippen molar-refractivity contribution in [3.05, 3.63) is 224 Å². The maximum Gasteiger partial charge on any atom is 0.151 e. The first kappa shape index (κ1) is 39.2. The third-order valence-electron chi connectivity index (χ3n) is 13.1. The zero-order valence-corrected chi connectivity index (χ0v) is 37.1. The van der Waals surface area contributed by atoms with Crippen LogP contribution in [0.25, 0.3) is 11.1 Å². The number of benzene rings is 9. The molecule has 10 nitrogen and oxygen atoms in total. The Bertz CT molecular complexity index is 3630. The number of hydrogen-bond acceptors (Lipinski definition) is 10. The first-order valence-electron chi connectivity index (χ1n) is 22.9. The predicted octanol–water partition coefficient (Wildman–Crippen LogP) is 16.9. The van der Waals surface area contributed by atoms with E-state index in [4.69, 9.17) is 23.9 Å². The van der Waals surface area contributed by atoms with Gasteiger partial charge >= 0.3 is 0 Å². The van der Waals surface area contributed by atoms with Gasteiger partial charge in [0.05, 0.1) is 68.2 Å². The molecule has 0 atom stereocenters. The SMILES string of the molecule is N#Cc1c(N2c3ccccc3Oc3ccccc32)c(-c2cccnc2)c(N2c3ccccc3Oc3ccccc32)c(N2c3ccccc3Oc3ccccc32)c1N1c2ccccc2Oc2ccccc21. The molecule has 0 spiro atoms. The second-order valence-corrected chi connectivity index (χ2v) is 17.0. The first-order chi connectivity index (χ1) is 34.7. The van der Waals surface area contributed by atoms with Crippen molar-refractivity contribution in [2.45, 2.75) is 0 Å². The highest BCUT2D eigenvalue weighted by Gasteiger charge is 2.44. The standard InChI is InChI=1S/C60H36N6O4/c61-36-39-57(63-40-19-1-9-27-48(40)67-49-28-10-2-20-41(49)63)56(38-18-17-35-62-37-38)59(65-44-23-5-13-31-52(44)69-53-32-14-6-24-45(53)65)60(66-46-25-7-15-33-54(46)70-55-34-16-8-26-47(55)66)58(39)64-42-21-3-11-29-50(42)68-51-30-12-4-22-43(51)64/h1-35,37H. The Balaban J connectivity index is 1.28. The predicted molar refractivity (Wildman–Crippen MR) is 273 cm³/mol. The summed E-state index contributed by atoms with van der Waals surface area (Å²) in [6.07, 6.45) is 3.65. The lowest BCUT2D eigenvalue weighted by molar-refractivity contribution is 0.475. The van der Waals surface area contributed by atoms with Crippen LogP contribution in [0.4, 0.5) is 68.2 Å².